The van der Waals surface area contributed by atoms with Crippen LogP contribution in [0.3, 0.4) is 0 Å². The Morgan fingerprint density at radius 3 is 2.75 bits per heavy atom. The van der Waals surface area contributed by atoms with E-state index < -0.39 is 6.10 Å². The quantitative estimate of drug-likeness (QED) is 0.768. The predicted molar refractivity (Wildman–Crippen MR) is 66.2 cm³/mol. The molecule has 0 fully saturated rings. The summed E-state index contributed by atoms with van der Waals surface area (Å²) in [6, 6.07) is 3.78. The lowest BCUT2D eigenvalue weighted by atomic mass is 10.2. The van der Waals surface area contributed by atoms with Crippen LogP contribution in [0.5, 0.6) is 0 Å². The fourth-order valence-electron chi connectivity index (χ4n) is 1.51. The first kappa shape index (κ1) is 12.5. The summed E-state index contributed by atoms with van der Waals surface area (Å²) >= 11 is 0. The Bertz CT molecular complexity index is 351. The third-order valence-electron chi connectivity index (χ3n) is 2.34. The highest BCUT2D eigenvalue weighted by Gasteiger charge is 2.06. The highest BCUT2D eigenvalue weighted by Crippen LogP contribution is 2.16. The first-order valence-electron chi connectivity index (χ1n) is 5.51. The maximum Gasteiger partial charge on any atom is 0.0931 e. The summed E-state index contributed by atoms with van der Waals surface area (Å²) in [6.45, 7) is 5.32. The van der Waals surface area contributed by atoms with Crippen molar-refractivity contribution < 1.29 is 5.11 Å². The second-order valence-corrected chi connectivity index (χ2v) is 3.74. The van der Waals surface area contributed by atoms with Crippen molar-refractivity contribution in [2.24, 2.45) is 0 Å². The lowest BCUT2D eigenvalue weighted by Gasteiger charge is -2.21. The van der Waals surface area contributed by atoms with Gasteiger partial charge in [-0.05, 0) is 25.5 Å². The van der Waals surface area contributed by atoms with Crippen LogP contribution < -0.4 is 4.90 Å². The van der Waals surface area contributed by atoms with Crippen LogP contribution >= 0.6 is 0 Å². The Kier molecular flexibility index (Phi) is 4.81. The Balaban J connectivity index is 2.81. The lowest BCUT2D eigenvalue weighted by Crippen LogP contribution is -2.24. The fraction of sp³-hybridized carbons (Fsp3) is 0.462. The Morgan fingerprint density at radius 2 is 2.31 bits per heavy atom. The lowest BCUT2D eigenvalue weighted by molar-refractivity contribution is 0.194. The zero-order chi connectivity index (χ0) is 12.0. The van der Waals surface area contributed by atoms with E-state index >= 15 is 0 Å². The second-order valence-electron chi connectivity index (χ2n) is 3.74. The fourth-order valence-corrected chi connectivity index (χ4v) is 1.51. The van der Waals surface area contributed by atoms with Crippen LogP contribution in [-0.4, -0.2) is 23.2 Å². The number of aromatic nitrogens is 1. The molecule has 1 N–H and O–H groups in total. The number of pyridine rings is 1. The topological polar surface area (TPSA) is 36.4 Å². The van der Waals surface area contributed by atoms with Gasteiger partial charge < -0.3 is 10.0 Å². The number of hydrogen-bond donors (Lipinski definition) is 1. The number of rotatable bonds is 5. The van der Waals surface area contributed by atoms with Crippen LogP contribution in [-0.2, 0) is 0 Å². The van der Waals surface area contributed by atoms with Crippen LogP contribution in [0.25, 0.3) is 0 Å². The summed E-state index contributed by atoms with van der Waals surface area (Å²) in [5.41, 5.74) is 1.69. The molecule has 0 bridgehead atoms. The average molecular weight is 218 g/mol. The van der Waals surface area contributed by atoms with Crippen LogP contribution in [0, 0.1) is 12.3 Å². The molecule has 0 aliphatic carbocycles. The zero-order valence-electron chi connectivity index (χ0n) is 9.85. The second kappa shape index (κ2) is 6.14. The molecule has 86 valence electrons. The highest BCUT2D eigenvalue weighted by atomic mass is 16.3. The van der Waals surface area contributed by atoms with Gasteiger partial charge in [-0.25, -0.2) is 0 Å². The highest BCUT2D eigenvalue weighted by molar-refractivity contribution is 5.45. The van der Waals surface area contributed by atoms with E-state index in [2.05, 4.69) is 22.7 Å². The average Bonchev–Trinajstić information content (AvgIpc) is 2.29. The molecule has 0 radical (unpaired) electrons. The molecule has 3 heteroatoms. The summed E-state index contributed by atoms with van der Waals surface area (Å²) in [6.07, 6.45) is 7.60. The third kappa shape index (κ3) is 3.25. The largest absolute Gasteiger partial charge is 0.387 e. The van der Waals surface area contributed by atoms with Crippen molar-refractivity contribution in [2.45, 2.75) is 26.4 Å². The van der Waals surface area contributed by atoms with Crippen molar-refractivity contribution >= 4 is 5.69 Å². The van der Waals surface area contributed by atoms with Crippen LogP contribution in [0.2, 0.25) is 0 Å². The molecule has 1 heterocycles. The molecule has 0 aliphatic rings. The zero-order valence-corrected chi connectivity index (χ0v) is 9.85. The van der Waals surface area contributed by atoms with E-state index in [1.54, 1.807) is 13.1 Å². The molecule has 16 heavy (non-hydrogen) atoms. The molecular weight excluding hydrogens is 200 g/mol. The van der Waals surface area contributed by atoms with Gasteiger partial charge >= 0.3 is 0 Å². The normalized spacial score (nSPS) is 11.9. The number of hydrogen-bond acceptors (Lipinski definition) is 3. The summed E-state index contributed by atoms with van der Waals surface area (Å²) in [7, 11) is 0. The van der Waals surface area contributed by atoms with Gasteiger partial charge in [0.05, 0.1) is 30.2 Å². The number of aliphatic hydroxyl groups excluding tert-OH is 1. The Hall–Kier alpha value is -1.53. The third-order valence-corrected chi connectivity index (χ3v) is 2.34. The Labute approximate surface area is 97.1 Å². The molecule has 1 atom stereocenters. The molecule has 0 aliphatic heterocycles. The van der Waals surface area contributed by atoms with E-state index in [9.17, 15) is 5.11 Å². The SMILES string of the molecule is C#CCN(CCC)c1ccc(C(C)O)nc1. The van der Waals surface area contributed by atoms with Gasteiger partial charge in [0.25, 0.3) is 0 Å². The van der Waals surface area contributed by atoms with Gasteiger partial charge in [-0.15, -0.1) is 6.42 Å². The van der Waals surface area contributed by atoms with E-state index in [-0.39, 0.29) is 0 Å². The smallest absolute Gasteiger partial charge is 0.0931 e. The Morgan fingerprint density at radius 1 is 1.56 bits per heavy atom. The summed E-state index contributed by atoms with van der Waals surface area (Å²) in [5, 5.41) is 9.35. The van der Waals surface area contributed by atoms with Gasteiger partial charge in [-0.1, -0.05) is 12.8 Å². The van der Waals surface area contributed by atoms with Gasteiger partial charge in [0.1, 0.15) is 0 Å². The van der Waals surface area contributed by atoms with Gasteiger partial charge in [0, 0.05) is 6.54 Å². The van der Waals surface area contributed by atoms with Gasteiger partial charge in [-0.2, -0.15) is 0 Å². The molecule has 1 aromatic rings. The molecule has 1 aromatic heterocycles. The number of aliphatic hydroxyl groups is 1. The predicted octanol–water partition coefficient (Wildman–Crippen LogP) is 1.98. The minimum absolute atomic E-state index is 0.527. The van der Waals surface area contributed by atoms with Gasteiger partial charge in [-0.3, -0.25) is 4.98 Å². The van der Waals surface area contributed by atoms with Crippen molar-refractivity contribution in [3.8, 4) is 12.3 Å². The molecule has 1 rings (SSSR count). The maximum atomic E-state index is 9.35. The summed E-state index contributed by atoms with van der Waals surface area (Å²) in [5.74, 6) is 2.64. The van der Waals surface area contributed by atoms with Crippen LogP contribution in [0.15, 0.2) is 18.3 Å². The monoisotopic (exact) mass is 218 g/mol. The minimum atomic E-state index is -0.527. The van der Waals surface area contributed by atoms with E-state index in [4.69, 9.17) is 6.42 Å². The molecule has 1 unspecified atom stereocenters. The maximum absolute atomic E-state index is 9.35. The number of nitrogens with zero attached hydrogens (tertiary/aromatic N) is 2. The number of terminal acetylenes is 1. The molecule has 0 spiro atoms. The van der Waals surface area contributed by atoms with E-state index in [1.807, 2.05) is 12.1 Å². The first-order chi connectivity index (χ1) is 7.69. The number of anilines is 1. The van der Waals surface area contributed by atoms with Crippen molar-refractivity contribution in [1.29, 1.82) is 0 Å². The molecule has 3 nitrogen and oxygen atoms in total. The summed E-state index contributed by atoms with van der Waals surface area (Å²) < 4.78 is 0. The van der Waals surface area contributed by atoms with E-state index in [1.165, 1.54) is 0 Å². The minimum Gasteiger partial charge on any atom is -0.387 e. The summed E-state index contributed by atoms with van der Waals surface area (Å²) in [4.78, 5) is 6.30. The van der Waals surface area contributed by atoms with Crippen molar-refractivity contribution in [2.75, 3.05) is 18.0 Å². The first-order valence-corrected chi connectivity index (χ1v) is 5.51. The van der Waals surface area contributed by atoms with E-state index in [0.717, 1.165) is 18.7 Å². The molecule has 0 aromatic carbocycles. The van der Waals surface area contributed by atoms with Crippen molar-refractivity contribution in [3.63, 3.8) is 0 Å². The van der Waals surface area contributed by atoms with Crippen molar-refractivity contribution in [1.82, 2.24) is 4.98 Å². The molecule has 0 amide bonds. The van der Waals surface area contributed by atoms with E-state index in [0.29, 0.717) is 12.2 Å². The van der Waals surface area contributed by atoms with Crippen LogP contribution in [0.4, 0.5) is 5.69 Å². The van der Waals surface area contributed by atoms with Crippen LogP contribution in [0.1, 0.15) is 32.1 Å². The van der Waals surface area contributed by atoms with Gasteiger partial charge in [0.15, 0.2) is 0 Å². The standard InChI is InChI=1S/C13H18N2O/c1-4-8-15(9-5-2)12-6-7-13(11(3)16)14-10-12/h1,6-7,10-11,16H,5,8-9H2,2-3H3. The molecular formula is C13H18N2O. The molecule has 0 saturated heterocycles. The molecule has 0 saturated carbocycles. The van der Waals surface area contributed by atoms with Gasteiger partial charge in [0.2, 0.25) is 0 Å². The van der Waals surface area contributed by atoms with Crippen molar-refractivity contribution in [3.05, 3.63) is 24.0 Å².